The SMILES string of the molecule is CCCOc1ccc(NC(=O)N2CCC(OCCC(C)C)CC2)cc1Cl. The Bertz CT molecular complexity index is 572. The van der Waals surface area contributed by atoms with Gasteiger partial charge in [0.1, 0.15) is 5.75 Å². The summed E-state index contributed by atoms with van der Waals surface area (Å²) in [7, 11) is 0. The fraction of sp³-hybridized carbons (Fsp3) is 0.650. The highest BCUT2D eigenvalue weighted by Crippen LogP contribution is 2.28. The van der Waals surface area contributed by atoms with E-state index in [4.69, 9.17) is 21.1 Å². The molecular formula is C20H31ClN2O3. The predicted octanol–water partition coefficient (Wildman–Crippen LogP) is 5.19. The predicted molar refractivity (Wildman–Crippen MR) is 106 cm³/mol. The normalized spacial score (nSPS) is 15.3. The molecule has 0 bridgehead atoms. The van der Waals surface area contributed by atoms with Crippen molar-refractivity contribution in [1.82, 2.24) is 4.90 Å². The number of ether oxygens (including phenoxy) is 2. The maximum Gasteiger partial charge on any atom is 0.321 e. The van der Waals surface area contributed by atoms with Gasteiger partial charge in [0, 0.05) is 25.4 Å². The number of benzene rings is 1. The summed E-state index contributed by atoms with van der Waals surface area (Å²) in [6, 6.07) is 5.24. The van der Waals surface area contributed by atoms with E-state index in [0.29, 0.717) is 42.1 Å². The van der Waals surface area contributed by atoms with Gasteiger partial charge in [-0.25, -0.2) is 4.79 Å². The molecule has 0 atom stereocenters. The minimum absolute atomic E-state index is 0.0936. The van der Waals surface area contributed by atoms with Crippen molar-refractivity contribution < 1.29 is 14.3 Å². The molecular weight excluding hydrogens is 352 g/mol. The fourth-order valence-corrected chi connectivity index (χ4v) is 3.04. The number of hydrogen-bond donors (Lipinski definition) is 1. The van der Waals surface area contributed by atoms with Gasteiger partial charge in [-0.2, -0.15) is 0 Å². The van der Waals surface area contributed by atoms with E-state index < -0.39 is 0 Å². The van der Waals surface area contributed by atoms with E-state index in [1.165, 1.54) is 0 Å². The topological polar surface area (TPSA) is 50.8 Å². The van der Waals surface area contributed by atoms with Gasteiger partial charge in [-0.05, 0) is 49.8 Å². The van der Waals surface area contributed by atoms with Gasteiger partial charge in [0.05, 0.1) is 17.7 Å². The summed E-state index contributed by atoms with van der Waals surface area (Å²) in [6.07, 6.45) is 4.04. The van der Waals surface area contributed by atoms with Crippen LogP contribution in [0.15, 0.2) is 18.2 Å². The molecule has 0 saturated carbocycles. The largest absolute Gasteiger partial charge is 0.492 e. The summed E-state index contributed by atoms with van der Waals surface area (Å²) in [4.78, 5) is 14.3. The lowest BCUT2D eigenvalue weighted by molar-refractivity contribution is 0.0112. The van der Waals surface area contributed by atoms with Crippen LogP contribution in [0.1, 0.15) is 46.5 Å². The Kier molecular flexibility index (Phi) is 8.52. The van der Waals surface area contributed by atoms with Crippen molar-refractivity contribution in [3.63, 3.8) is 0 Å². The van der Waals surface area contributed by atoms with Crippen LogP contribution in [0.3, 0.4) is 0 Å². The highest BCUT2D eigenvalue weighted by atomic mass is 35.5. The van der Waals surface area contributed by atoms with Crippen LogP contribution in [-0.2, 0) is 4.74 Å². The summed E-state index contributed by atoms with van der Waals surface area (Å²) in [5.41, 5.74) is 0.680. The minimum Gasteiger partial charge on any atom is -0.492 e. The quantitative estimate of drug-likeness (QED) is 0.673. The molecule has 1 aliphatic rings. The van der Waals surface area contributed by atoms with Crippen LogP contribution in [0.4, 0.5) is 10.5 Å². The molecule has 1 aromatic rings. The van der Waals surface area contributed by atoms with Gasteiger partial charge >= 0.3 is 6.03 Å². The van der Waals surface area contributed by atoms with Crippen LogP contribution in [-0.4, -0.2) is 43.3 Å². The average molecular weight is 383 g/mol. The van der Waals surface area contributed by atoms with Crippen molar-refractivity contribution in [2.45, 2.75) is 52.6 Å². The zero-order chi connectivity index (χ0) is 18.9. The smallest absolute Gasteiger partial charge is 0.321 e. The van der Waals surface area contributed by atoms with Crippen molar-refractivity contribution in [3.05, 3.63) is 23.2 Å². The summed E-state index contributed by atoms with van der Waals surface area (Å²) in [6.45, 7) is 9.30. The molecule has 1 aromatic carbocycles. The maximum absolute atomic E-state index is 12.4. The van der Waals surface area contributed by atoms with Crippen molar-refractivity contribution in [1.29, 1.82) is 0 Å². The summed E-state index contributed by atoms with van der Waals surface area (Å²) < 4.78 is 11.5. The number of piperidine rings is 1. The first-order chi connectivity index (χ1) is 12.5. The number of urea groups is 1. The van der Waals surface area contributed by atoms with E-state index in [0.717, 1.165) is 32.3 Å². The molecule has 1 aliphatic heterocycles. The lowest BCUT2D eigenvalue weighted by Gasteiger charge is -2.32. The third-order valence-corrected chi connectivity index (χ3v) is 4.72. The Balaban J connectivity index is 1.77. The molecule has 1 fully saturated rings. The molecule has 1 N–H and O–H groups in total. The number of amides is 2. The van der Waals surface area contributed by atoms with Gasteiger partial charge in [0.25, 0.3) is 0 Å². The van der Waals surface area contributed by atoms with Gasteiger partial charge in [-0.15, -0.1) is 0 Å². The van der Waals surface area contributed by atoms with Gasteiger partial charge in [-0.3, -0.25) is 0 Å². The molecule has 6 heteroatoms. The van der Waals surface area contributed by atoms with Crippen molar-refractivity contribution in [3.8, 4) is 5.75 Å². The summed E-state index contributed by atoms with van der Waals surface area (Å²) in [5, 5.41) is 3.42. The van der Waals surface area contributed by atoms with Crippen molar-refractivity contribution in [2.75, 3.05) is 31.6 Å². The fourth-order valence-electron chi connectivity index (χ4n) is 2.81. The monoisotopic (exact) mass is 382 g/mol. The third kappa shape index (κ3) is 6.69. The van der Waals surface area contributed by atoms with Crippen LogP contribution in [0, 0.1) is 5.92 Å². The number of carbonyl (C=O) groups is 1. The van der Waals surface area contributed by atoms with Crippen molar-refractivity contribution in [2.24, 2.45) is 5.92 Å². The zero-order valence-corrected chi connectivity index (χ0v) is 16.8. The number of hydrogen-bond acceptors (Lipinski definition) is 3. The highest BCUT2D eigenvalue weighted by Gasteiger charge is 2.23. The molecule has 26 heavy (non-hydrogen) atoms. The molecule has 1 saturated heterocycles. The van der Waals surface area contributed by atoms with E-state index in [-0.39, 0.29) is 12.1 Å². The minimum atomic E-state index is -0.0936. The van der Waals surface area contributed by atoms with Crippen LogP contribution >= 0.6 is 11.6 Å². The number of carbonyl (C=O) groups excluding carboxylic acids is 1. The summed E-state index contributed by atoms with van der Waals surface area (Å²) in [5.74, 6) is 1.30. The molecule has 0 aromatic heterocycles. The molecule has 146 valence electrons. The zero-order valence-electron chi connectivity index (χ0n) is 16.1. The number of halogens is 1. The van der Waals surface area contributed by atoms with Crippen molar-refractivity contribution >= 4 is 23.3 Å². The molecule has 0 radical (unpaired) electrons. The standard InChI is InChI=1S/C20H31ClN2O3/c1-4-12-26-19-6-5-16(14-18(19)21)22-20(24)23-10-7-17(8-11-23)25-13-9-15(2)3/h5-6,14-15,17H,4,7-13H2,1-3H3,(H,22,24). The Morgan fingerprint density at radius 3 is 2.65 bits per heavy atom. The van der Waals surface area contributed by atoms with Gasteiger partial charge in [0.2, 0.25) is 0 Å². The Labute approximate surface area is 162 Å². The van der Waals surface area contributed by atoms with Gasteiger partial charge in [0.15, 0.2) is 0 Å². The molecule has 0 spiro atoms. The molecule has 1 heterocycles. The molecule has 0 unspecified atom stereocenters. The Morgan fingerprint density at radius 2 is 2.04 bits per heavy atom. The molecule has 5 nitrogen and oxygen atoms in total. The number of nitrogens with zero attached hydrogens (tertiary/aromatic N) is 1. The Morgan fingerprint density at radius 1 is 1.31 bits per heavy atom. The molecule has 2 rings (SSSR count). The van der Waals surface area contributed by atoms with E-state index in [1.807, 2.05) is 17.9 Å². The van der Waals surface area contributed by atoms with E-state index in [9.17, 15) is 4.79 Å². The third-order valence-electron chi connectivity index (χ3n) is 4.42. The summed E-state index contributed by atoms with van der Waals surface area (Å²) >= 11 is 6.22. The van der Waals surface area contributed by atoms with Crippen LogP contribution < -0.4 is 10.1 Å². The highest BCUT2D eigenvalue weighted by molar-refractivity contribution is 6.32. The number of anilines is 1. The van der Waals surface area contributed by atoms with Crippen LogP contribution in [0.25, 0.3) is 0 Å². The molecule has 2 amide bonds. The maximum atomic E-state index is 12.4. The Hall–Kier alpha value is -1.46. The first kappa shape index (κ1) is 20.8. The van der Waals surface area contributed by atoms with E-state index in [1.54, 1.807) is 12.1 Å². The lowest BCUT2D eigenvalue weighted by atomic mass is 10.1. The average Bonchev–Trinajstić information content (AvgIpc) is 2.61. The lowest BCUT2D eigenvalue weighted by Crippen LogP contribution is -2.43. The van der Waals surface area contributed by atoms with Crippen LogP contribution in [0.2, 0.25) is 5.02 Å². The van der Waals surface area contributed by atoms with E-state index >= 15 is 0 Å². The second-order valence-electron chi connectivity index (χ2n) is 7.16. The second-order valence-corrected chi connectivity index (χ2v) is 7.57. The number of rotatable bonds is 8. The molecule has 0 aliphatic carbocycles. The van der Waals surface area contributed by atoms with Gasteiger partial charge in [-0.1, -0.05) is 32.4 Å². The second kappa shape index (κ2) is 10.6. The van der Waals surface area contributed by atoms with E-state index in [2.05, 4.69) is 19.2 Å². The first-order valence-corrected chi connectivity index (χ1v) is 9.97. The first-order valence-electron chi connectivity index (χ1n) is 9.59. The van der Waals surface area contributed by atoms with Crippen LogP contribution in [0.5, 0.6) is 5.75 Å². The number of nitrogens with one attached hydrogen (secondary N) is 1. The van der Waals surface area contributed by atoms with Gasteiger partial charge < -0.3 is 19.7 Å². The number of likely N-dealkylation sites (tertiary alicyclic amines) is 1.